The molecule has 5 heteroatoms. The normalized spacial score (nSPS) is 10.3. The molecule has 0 saturated heterocycles. The first-order valence-electron chi connectivity index (χ1n) is 5.79. The summed E-state index contributed by atoms with van der Waals surface area (Å²) in [6.07, 6.45) is 2.29. The number of hydrogen-bond donors (Lipinski definition) is 2. The average molecular weight is 307 g/mol. The van der Waals surface area contributed by atoms with E-state index in [0.29, 0.717) is 12.4 Å². The van der Waals surface area contributed by atoms with Gasteiger partial charge in [0.05, 0.1) is 0 Å². The number of nitrogens with one attached hydrogen (secondary N) is 1. The van der Waals surface area contributed by atoms with E-state index in [4.69, 9.17) is 5.73 Å². The Kier molecular flexibility index (Phi) is 4.15. The second kappa shape index (κ2) is 5.82. The van der Waals surface area contributed by atoms with Crippen LogP contribution in [0.25, 0.3) is 0 Å². The minimum atomic E-state index is 0.544. The number of benzene rings is 1. The number of anilines is 2. The molecule has 1 aromatic heterocycles. The maximum atomic E-state index is 5.83. The van der Waals surface area contributed by atoms with E-state index in [1.807, 2.05) is 25.1 Å². The van der Waals surface area contributed by atoms with Gasteiger partial charge in [-0.2, -0.15) is 0 Å². The van der Waals surface area contributed by atoms with Crippen LogP contribution in [0.2, 0.25) is 0 Å². The van der Waals surface area contributed by atoms with E-state index in [1.54, 1.807) is 0 Å². The molecule has 0 aliphatic rings. The average Bonchev–Trinajstić information content (AvgIpc) is 2.38. The Labute approximate surface area is 115 Å². The zero-order valence-electron chi connectivity index (χ0n) is 10.2. The first-order valence-corrected chi connectivity index (χ1v) is 6.58. The SMILES string of the molecule is CCc1c(N)ncnc1NCc1ccccc1Br. The van der Waals surface area contributed by atoms with Crippen LogP contribution in [0.1, 0.15) is 18.1 Å². The van der Waals surface area contributed by atoms with E-state index < -0.39 is 0 Å². The van der Waals surface area contributed by atoms with Crippen LogP contribution in [-0.2, 0) is 13.0 Å². The molecule has 94 valence electrons. The van der Waals surface area contributed by atoms with Gasteiger partial charge in [-0.3, -0.25) is 0 Å². The fourth-order valence-corrected chi connectivity index (χ4v) is 2.17. The van der Waals surface area contributed by atoms with Crippen LogP contribution in [0.15, 0.2) is 35.1 Å². The van der Waals surface area contributed by atoms with Gasteiger partial charge in [-0.15, -0.1) is 0 Å². The molecular formula is C13H15BrN4. The summed E-state index contributed by atoms with van der Waals surface area (Å²) in [6, 6.07) is 8.09. The number of nitrogens with two attached hydrogens (primary N) is 1. The van der Waals surface area contributed by atoms with Gasteiger partial charge in [0, 0.05) is 16.6 Å². The van der Waals surface area contributed by atoms with E-state index in [9.17, 15) is 0 Å². The highest BCUT2D eigenvalue weighted by Crippen LogP contribution is 2.20. The Morgan fingerprint density at radius 2 is 2.06 bits per heavy atom. The van der Waals surface area contributed by atoms with Crippen molar-refractivity contribution >= 4 is 27.6 Å². The largest absolute Gasteiger partial charge is 0.383 e. The summed E-state index contributed by atoms with van der Waals surface area (Å²) in [4.78, 5) is 8.24. The number of rotatable bonds is 4. The molecule has 0 saturated carbocycles. The van der Waals surface area contributed by atoms with E-state index in [0.717, 1.165) is 22.3 Å². The quantitative estimate of drug-likeness (QED) is 0.911. The predicted molar refractivity (Wildman–Crippen MR) is 77.3 cm³/mol. The van der Waals surface area contributed by atoms with Crippen molar-refractivity contribution in [2.75, 3.05) is 11.1 Å². The Morgan fingerprint density at radius 1 is 1.28 bits per heavy atom. The van der Waals surface area contributed by atoms with Gasteiger partial charge in [-0.1, -0.05) is 41.1 Å². The van der Waals surface area contributed by atoms with E-state index in [2.05, 4.69) is 37.3 Å². The molecule has 0 atom stereocenters. The van der Waals surface area contributed by atoms with Gasteiger partial charge in [0.25, 0.3) is 0 Å². The zero-order valence-corrected chi connectivity index (χ0v) is 11.7. The van der Waals surface area contributed by atoms with Crippen LogP contribution in [0, 0.1) is 0 Å². The van der Waals surface area contributed by atoms with E-state index in [-0.39, 0.29) is 0 Å². The molecule has 0 aliphatic carbocycles. The monoisotopic (exact) mass is 306 g/mol. The van der Waals surface area contributed by atoms with Gasteiger partial charge >= 0.3 is 0 Å². The molecule has 2 aromatic rings. The summed E-state index contributed by atoms with van der Waals surface area (Å²) in [6.45, 7) is 2.74. The fraction of sp³-hybridized carbons (Fsp3) is 0.231. The van der Waals surface area contributed by atoms with Gasteiger partial charge in [0.1, 0.15) is 18.0 Å². The smallest absolute Gasteiger partial charge is 0.134 e. The van der Waals surface area contributed by atoms with Crippen molar-refractivity contribution in [3.05, 3.63) is 46.2 Å². The Hall–Kier alpha value is -1.62. The molecule has 1 heterocycles. The molecular weight excluding hydrogens is 292 g/mol. The third-order valence-corrected chi connectivity index (χ3v) is 3.51. The zero-order chi connectivity index (χ0) is 13.0. The lowest BCUT2D eigenvalue weighted by atomic mass is 10.2. The van der Waals surface area contributed by atoms with Crippen molar-refractivity contribution in [1.82, 2.24) is 9.97 Å². The van der Waals surface area contributed by atoms with Crippen LogP contribution in [0.5, 0.6) is 0 Å². The fourth-order valence-electron chi connectivity index (χ4n) is 1.75. The summed E-state index contributed by atoms with van der Waals surface area (Å²) in [7, 11) is 0. The molecule has 2 rings (SSSR count). The minimum absolute atomic E-state index is 0.544. The van der Waals surface area contributed by atoms with Crippen LogP contribution >= 0.6 is 15.9 Å². The maximum absolute atomic E-state index is 5.83. The highest BCUT2D eigenvalue weighted by atomic mass is 79.9. The summed E-state index contributed by atoms with van der Waals surface area (Å²) in [5, 5.41) is 3.30. The molecule has 0 aliphatic heterocycles. The number of hydrogen-bond acceptors (Lipinski definition) is 4. The van der Waals surface area contributed by atoms with Crippen molar-refractivity contribution in [3.63, 3.8) is 0 Å². The molecule has 1 aromatic carbocycles. The molecule has 4 nitrogen and oxygen atoms in total. The number of aromatic nitrogens is 2. The molecule has 0 unspecified atom stereocenters. The maximum Gasteiger partial charge on any atom is 0.134 e. The van der Waals surface area contributed by atoms with Crippen LogP contribution in [0.4, 0.5) is 11.6 Å². The first-order chi connectivity index (χ1) is 8.72. The lowest BCUT2D eigenvalue weighted by Crippen LogP contribution is -2.08. The number of halogens is 1. The highest BCUT2D eigenvalue weighted by molar-refractivity contribution is 9.10. The molecule has 0 fully saturated rings. The molecule has 0 spiro atoms. The summed E-state index contributed by atoms with van der Waals surface area (Å²) < 4.78 is 1.08. The number of nitrogens with zero attached hydrogens (tertiary/aromatic N) is 2. The van der Waals surface area contributed by atoms with Gasteiger partial charge in [0.2, 0.25) is 0 Å². The second-order valence-electron chi connectivity index (χ2n) is 3.88. The van der Waals surface area contributed by atoms with Crippen molar-refractivity contribution in [2.45, 2.75) is 19.9 Å². The number of nitrogen functional groups attached to an aromatic ring is 1. The van der Waals surface area contributed by atoms with Gasteiger partial charge < -0.3 is 11.1 Å². The highest BCUT2D eigenvalue weighted by Gasteiger charge is 2.07. The second-order valence-corrected chi connectivity index (χ2v) is 4.74. The minimum Gasteiger partial charge on any atom is -0.383 e. The third-order valence-electron chi connectivity index (χ3n) is 2.74. The van der Waals surface area contributed by atoms with Gasteiger partial charge in [0.15, 0.2) is 0 Å². The van der Waals surface area contributed by atoms with E-state index in [1.165, 1.54) is 11.9 Å². The third kappa shape index (κ3) is 2.79. The van der Waals surface area contributed by atoms with Crippen molar-refractivity contribution in [3.8, 4) is 0 Å². The van der Waals surface area contributed by atoms with E-state index >= 15 is 0 Å². The predicted octanol–water partition coefficient (Wildman–Crippen LogP) is 3.00. The van der Waals surface area contributed by atoms with Gasteiger partial charge in [-0.25, -0.2) is 9.97 Å². The molecule has 0 radical (unpaired) electrons. The molecule has 18 heavy (non-hydrogen) atoms. The molecule has 0 bridgehead atoms. The van der Waals surface area contributed by atoms with Crippen molar-refractivity contribution < 1.29 is 0 Å². The van der Waals surface area contributed by atoms with Crippen LogP contribution < -0.4 is 11.1 Å². The lowest BCUT2D eigenvalue weighted by Gasteiger charge is -2.11. The Bertz CT molecular complexity index is 542. The summed E-state index contributed by atoms with van der Waals surface area (Å²) >= 11 is 3.52. The molecule has 0 amide bonds. The molecule has 3 N–H and O–H groups in total. The van der Waals surface area contributed by atoms with Gasteiger partial charge in [-0.05, 0) is 18.1 Å². The summed E-state index contributed by atoms with van der Waals surface area (Å²) in [5.41, 5.74) is 7.97. The van der Waals surface area contributed by atoms with Crippen LogP contribution in [0.3, 0.4) is 0 Å². The standard InChI is InChI=1S/C13H15BrN4/c1-2-10-12(15)17-8-18-13(10)16-7-9-5-3-4-6-11(9)14/h3-6,8H,2,7H2,1H3,(H3,15,16,17,18). The Balaban J connectivity index is 2.16. The lowest BCUT2D eigenvalue weighted by molar-refractivity contribution is 1.02. The van der Waals surface area contributed by atoms with Crippen molar-refractivity contribution in [2.24, 2.45) is 0 Å². The van der Waals surface area contributed by atoms with Crippen molar-refractivity contribution in [1.29, 1.82) is 0 Å². The summed E-state index contributed by atoms with van der Waals surface area (Å²) in [5.74, 6) is 1.35. The topological polar surface area (TPSA) is 63.8 Å². The van der Waals surface area contributed by atoms with Crippen LogP contribution in [-0.4, -0.2) is 9.97 Å². The first kappa shape index (κ1) is 12.8. The Morgan fingerprint density at radius 3 is 2.78 bits per heavy atom.